The van der Waals surface area contributed by atoms with Crippen LogP contribution >= 0.6 is 24.0 Å². The quantitative estimate of drug-likeness (QED) is 0.202. The lowest BCUT2D eigenvalue weighted by molar-refractivity contribution is 0.145. The Kier molecular flexibility index (Phi) is 12.8. The molecule has 0 spiro atoms. The van der Waals surface area contributed by atoms with Crippen molar-refractivity contribution in [3.05, 3.63) is 53.7 Å². The van der Waals surface area contributed by atoms with Crippen LogP contribution in [0.2, 0.25) is 0 Å². The van der Waals surface area contributed by atoms with Crippen LogP contribution in [0.15, 0.2) is 47.5 Å². The number of nitrogens with one attached hydrogen (secondary N) is 2. The topological polar surface area (TPSA) is 71.0 Å². The molecule has 1 aromatic heterocycles. The Labute approximate surface area is 197 Å². The number of hydrogen-bond donors (Lipinski definition) is 2. The van der Waals surface area contributed by atoms with Gasteiger partial charge in [0.15, 0.2) is 5.96 Å². The number of methoxy groups -OCH3 is 1. The molecule has 1 heterocycles. The van der Waals surface area contributed by atoms with Crippen molar-refractivity contribution in [3.8, 4) is 5.75 Å². The summed E-state index contributed by atoms with van der Waals surface area (Å²) in [4.78, 5) is 11.4. The van der Waals surface area contributed by atoms with Crippen LogP contribution in [0.1, 0.15) is 24.6 Å². The van der Waals surface area contributed by atoms with Gasteiger partial charge < -0.3 is 25.0 Å². The molecule has 0 unspecified atom stereocenters. The Balaban J connectivity index is 0.00000450. The molecule has 0 saturated heterocycles. The predicted molar refractivity (Wildman–Crippen MR) is 134 cm³/mol. The van der Waals surface area contributed by atoms with Gasteiger partial charge in [0, 0.05) is 33.9 Å². The molecule has 0 aliphatic heterocycles. The van der Waals surface area contributed by atoms with Crippen molar-refractivity contribution in [2.45, 2.75) is 26.4 Å². The van der Waals surface area contributed by atoms with Crippen LogP contribution in [-0.4, -0.2) is 51.9 Å². The molecular weight excluding hydrogens is 493 g/mol. The molecule has 2 aromatic rings. The highest BCUT2D eigenvalue weighted by molar-refractivity contribution is 14.0. The number of rotatable bonds is 11. The van der Waals surface area contributed by atoms with Crippen LogP contribution in [0.4, 0.5) is 5.82 Å². The number of aliphatic imine (C=N–C) groups is 1. The number of hydrogen-bond acceptors (Lipinski definition) is 5. The van der Waals surface area contributed by atoms with E-state index in [-0.39, 0.29) is 24.0 Å². The lowest BCUT2D eigenvalue weighted by atomic mass is 10.2. The highest BCUT2D eigenvalue weighted by atomic mass is 127. The number of aromatic nitrogens is 1. The van der Waals surface area contributed by atoms with Crippen LogP contribution in [0.5, 0.6) is 5.75 Å². The summed E-state index contributed by atoms with van der Waals surface area (Å²) in [5.41, 5.74) is 2.08. The Morgan fingerprint density at radius 2 is 1.87 bits per heavy atom. The molecule has 1 aromatic carbocycles. The van der Waals surface area contributed by atoms with Gasteiger partial charge in [-0.2, -0.15) is 0 Å². The molecule has 0 aliphatic rings. The van der Waals surface area contributed by atoms with Crippen LogP contribution in [0.3, 0.4) is 0 Å². The number of anilines is 1. The van der Waals surface area contributed by atoms with E-state index in [1.165, 1.54) is 0 Å². The largest absolute Gasteiger partial charge is 0.497 e. The van der Waals surface area contributed by atoms with E-state index in [0.717, 1.165) is 55.0 Å². The van der Waals surface area contributed by atoms with Gasteiger partial charge in [0.2, 0.25) is 0 Å². The van der Waals surface area contributed by atoms with E-state index < -0.39 is 0 Å². The van der Waals surface area contributed by atoms with Gasteiger partial charge in [-0.05, 0) is 43.2 Å². The van der Waals surface area contributed by atoms with E-state index in [1.54, 1.807) is 7.11 Å². The molecule has 0 amide bonds. The summed E-state index contributed by atoms with van der Waals surface area (Å²) in [5.74, 6) is 2.54. The lowest BCUT2D eigenvalue weighted by Crippen LogP contribution is -2.38. The predicted octanol–water partition coefficient (Wildman–Crippen LogP) is 3.44. The van der Waals surface area contributed by atoms with Crippen molar-refractivity contribution in [1.29, 1.82) is 0 Å². The molecule has 2 N–H and O–H groups in total. The van der Waals surface area contributed by atoms with Crippen molar-refractivity contribution >= 4 is 35.8 Å². The lowest BCUT2D eigenvalue weighted by Gasteiger charge is -2.15. The smallest absolute Gasteiger partial charge is 0.191 e. The van der Waals surface area contributed by atoms with E-state index in [2.05, 4.69) is 15.6 Å². The summed E-state index contributed by atoms with van der Waals surface area (Å²) in [7, 11) is 5.64. The third-order valence-electron chi connectivity index (χ3n) is 4.23. The minimum Gasteiger partial charge on any atom is -0.497 e. The van der Waals surface area contributed by atoms with Gasteiger partial charge in [-0.3, -0.25) is 0 Å². The summed E-state index contributed by atoms with van der Waals surface area (Å²) >= 11 is 0. The zero-order valence-corrected chi connectivity index (χ0v) is 20.7. The fourth-order valence-corrected chi connectivity index (χ4v) is 2.59. The average Bonchev–Trinajstić information content (AvgIpc) is 2.75. The number of nitrogens with zero attached hydrogens (tertiary/aromatic N) is 3. The summed E-state index contributed by atoms with van der Waals surface area (Å²) in [5, 5.41) is 6.75. The molecule has 8 heteroatoms. The monoisotopic (exact) mass is 527 g/mol. The maximum Gasteiger partial charge on any atom is 0.191 e. The van der Waals surface area contributed by atoms with Gasteiger partial charge >= 0.3 is 0 Å². The van der Waals surface area contributed by atoms with Crippen LogP contribution in [0.25, 0.3) is 0 Å². The molecule has 166 valence electrons. The minimum absolute atomic E-state index is 0. The Bertz CT molecular complexity index is 753. The van der Waals surface area contributed by atoms with E-state index in [0.29, 0.717) is 13.1 Å². The van der Waals surface area contributed by atoms with E-state index in [4.69, 9.17) is 14.5 Å². The van der Waals surface area contributed by atoms with E-state index in [1.807, 2.05) is 68.4 Å². The first kappa shape index (κ1) is 26.0. The first-order valence-corrected chi connectivity index (χ1v) is 9.98. The van der Waals surface area contributed by atoms with Crippen LogP contribution in [0, 0.1) is 0 Å². The van der Waals surface area contributed by atoms with Gasteiger partial charge in [-0.1, -0.05) is 18.2 Å². The highest BCUT2D eigenvalue weighted by Gasteiger charge is 2.03. The van der Waals surface area contributed by atoms with Gasteiger partial charge in [0.05, 0.1) is 25.9 Å². The second-order valence-corrected chi connectivity index (χ2v) is 6.73. The van der Waals surface area contributed by atoms with Crippen LogP contribution in [-0.2, 0) is 17.8 Å². The van der Waals surface area contributed by atoms with Crippen molar-refractivity contribution in [2.75, 3.05) is 45.9 Å². The highest BCUT2D eigenvalue weighted by Crippen LogP contribution is 2.12. The first-order chi connectivity index (χ1) is 14.1. The molecule has 0 saturated carbocycles. The minimum atomic E-state index is 0. The molecule has 7 nitrogen and oxygen atoms in total. The molecule has 0 radical (unpaired) electrons. The van der Waals surface area contributed by atoms with Gasteiger partial charge in [-0.25, -0.2) is 9.98 Å². The third-order valence-corrected chi connectivity index (χ3v) is 4.23. The van der Waals surface area contributed by atoms with Gasteiger partial charge in [-0.15, -0.1) is 24.0 Å². The Morgan fingerprint density at radius 1 is 1.10 bits per heavy atom. The number of halogens is 1. The maximum absolute atomic E-state index is 5.40. The maximum atomic E-state index is 5.40. The third kappa shape index (κ3) is 9.62. The van der Waals surface area contributed by atoms with Crippen molar-refractivity contribution < 1.29 is 9.47 Å². The molecule has 30 heavy (non-hydrogen) atoms. The number of ether oxygens (including phenoxy) is 2. The van der Waals surface area contributed by atoms with E-state index >= 15 is 0 Å². The summed E-state index contributed by atoms with van der Waals surface area (Å²) in [6.45, 7) is 5.45. The SMILES string of the molecule is CCOCCCNC(=NCc1ccc(OC)cc1)NCc1cccc(N(C)C)n1.I. The molecule has 0 aliphatic carbocycles. The average molecular weight is 527 g/mol. The molecule has 2 rings (SSSR count). The fraction of sp³-hybridized carbons (Fsp3) is 0.455. The first-order valence-electron chi connectivity index (χ1n) is 9.98. The number of benzene rings is 1. The zero-order chi connectivity index (χ0) is 20.9. The Hall–Kier alpha value is -2.07. The summed E-state index contributed by atoms with van der Waals surface area (Å²) in [6.07, 6.45) is 0.922. The fourth-order valence-electron chi connectivity index (χ4n) is 2.59. The Morgan fingerprint density at radius 3 is 2.53 bits per heavy atom. The second-order valence-electron chi connectivity index (χ2n) is 6.73. The molecule has 0 fully saturated rings. The molecule has 0 bridgehead atoms. The number of pyridine rings is 1. The van der Waals surface area contributed by atoms with Crippen LogP contribution < -0.4 is 20.3 Å². The molecule has 0 atom stereocenters. The van der Waals surface area contributed by atoms with E-state index in [9.17, 15) is 0 Å². The summed E-state index contributed by atoms with van der Waals surface area (Å²) in [6, 6.07) is 14.0. The van der Waals surface area contributed by atoms with Crippen molar-refractivity contribution in [1.82, 2.24) is 15.6 Å². The molecular formula is C22H34IN5O2. The van der Waals surface area contributed by atoms with Crippen molar-refractivity contribution in [3.63, 3.8) is 0 Å². The van der Waals surface area contributed by atoms with Gasteiger partial charge in [0.25, 0.3) is 0 Å². The second kappa shape index (κ2) is 14.8. The number of guanidine groups is 1. The standard InChI is InChI=1S/C22H33N5O2.HI/c1-5-29-15-7-14-23-22(24-16-18-10-12-20(28-4)13-11-18)25-17-19-8-6-9-21(26-19)27(2)3;/h6,8-13H,5,7,14-17H2,1-4H3,(H2,23,24,25);1H. The summed E-state index contributed by atoms with van der Waals surface area (Å²) < 4.78 is 10.6. The normalized spacial score (nSPS) is 10.9. The zero-order valence-electron chi connectivity index (χ0n) is 18.4. The van der Waals surface area contributed by atoms with Crippen molar-refractivity contribution in [2.24, 2.45) is 4.99 Å². The van der Waals surface area contributed by atoms with Gasteiger partial charge in [0.1, 0.15) is 11.6 Å².